The van der Waals surface area contributed by atoms with E-state index in [1.54, 1.807) is 12.1 Å². The number of imidazole rings is 1. The van der Waals surface area contributed by atoms with Crippen molar-refractivity contribution in [3.8, 4) is 0 Å². The molecule has 4 aliphatic carbocycles. The molecule has 0 bridgehead atoms. The molecule has 8 heteroatoms. The third kappa shape index (κ3) is 21.6. The number of carbonyl (C=O) groups excluding carboxylic acids is 1. The summed E-state index contributed by atoms with van der Waals surface area (Å²) in [6.07, 6.45) is 26.2. The van der Waals surface area contributed by atoms with Crippen molar-refractivity contribution in [3.05, 3.63) is 84.1 Å². The van der Waals surface area contributed by atoms with Gasteiger partial charge in [-0.05, 0) is 49.9 Å². The van der Waals surface area contributed by atoms with Gasteiger partial charge in [-0.3, -0.25) is 0 Å². The van der Waals surface area contributed by atoms with E-state index < -0.39 is 0 Å². The maximum atomic E-state index is 10.0. The predicted molar refractivity (Wildman–Crippen MR) is 192 cm³/mol. The molecule has 0 atom stereocenters. The molecule has 0 unspecified atom stereocenters. The SMILES string of the molecule is C1CCCC1.C1CCCC1.Nc1ccccc1N.O=CC1CCCC1.[CH3-].[CH3-].[CH3-].[CH3-].[Fe+2].[Fe+2].[Fe].c1ccc2[nH]c(C3CCCC3)nc2c1. The van der Waals surface area contributed by atoms with Gasteiger partial charge < -0.3 is 51.0 Å². The number of nitrogen functional groups attached to an aromatic ring is 2. The molecule has 0 radical (unpaired) electrons. The fraction of sp³-hybridized carbons (Fsp3) is 0.526. The first-order valence-electron chi connectivity index (χ1n) is 15.7. The number of nitrogens with one attached hydrogen (secondary N) is 1. The van der Waals surface area contributed by atoms with Gasteiger partial charge in [0, 0.05) is 28.9 Å². The number of anilines is 2. The molecule has 0 spiro atoms. The molecule has 5 N–H and O–H groups in total. The summed E-state index contributed by atoms with van der Waals surface area (Å²) in [5, 5.41) is 0. The molecule has 0 saturated heterocycles. The summed E-state index contributed by atoms with van der Waals surface area (Å²) in [5.41, 5.74) is 14.4. The molecule has 0 aliphatic heterocycles. The number of nitrogens with two attached hydrogens (primary N) is 2. The fourth-order valence-corrected chi connectivity index (χ4v) is 5.74. The van der Waals surface area contributed by atoms with Gasteiger partial charge in [-0.15, -0.1) is 0 Å². The van der Waals surface area contributed by atoms with Gasteiger partial charge in [0.1, 0.15) is 12.1 Å². The molecule has 46 heavy (non-hydrogen) atoms. The standard InChI is InChI=1S/C12H14N2.C6H8N2.C6H10O.2C5H10.4CH3.3Fe/c1-2-6-9(5-1)12-13-10-7-3-4-8-11(10)14-12;7-5-3-1-2-4-6(5)8;7-5-6-3-1-2-4-6;2*1-2-4-5-3-1;;;;;;;/h3-4,7-9H,1-2,5-6H2,(H,13,14);1-4H,7-8H2;5-6H,1-4H2;2*1-5H2;4*1H3;;;/q;;;;;4*-1;;2*+2. The summed E-state index contributed by atoms with van der Waals surface area (Å²) in [6.45, 7) is 0. The van der Waals surface area contributed by atoms with Gasteiger partial charge >= 0.3 is 34.1 Å². The fourth-order valence-electron chi connectivity index (χ4n) is 5.74. The van der Waals surface area contributed by atoms with Crippen LogP contribution < -0.4 is 11.5 Å². The second kappa shape index (κ2) is 33.6. The Hall–Kier alpha value is -1.26. The van der Waals surface area contributed by atoms with Crippen LogP contribution in [0.1, 0.15) is 127 Å². The minimum atomic E-state index is 0. The van der Waals surface area contributed by atoms with E-state index >= 15 is 0 Å². The van der Waals surface area contributed by atoms with Crippen LogP contribution in [0.25, 0.3) is 11.0 Å². The minimum absolute atomic E-state index is 0. The van der Waals surface area contributed by atoms with Crippen LogP contribution in [0.3, 0.4) is 0 Å². The third-order valence-electron chi connectivity index (χ3n) is 8.24. The second-order valence-electron chi connectivity index (χ2n) is 11.5. The Morgan fingerprint density at radius 1 is 0.587 bits per heavy atom. The van der Waals surface area contributed by atoms with Crippen molar-refractivity contribution in [2.75, 3.05) is 11.5 Å². The second-order valence-corrected chi connectivity index (χ2v) is 11.5. The minimum Gasteiger partial charge on any atom is -0.397 e. The average molecular weight is 760 g/mol. The van der Waals surface area contributed by atoms with E-state index in [1.165, 1.54) is 114 Å². The average Bonchev–Trinajstić information content (AvgIpc) is 3.82. The van der Waals surface area contributed by atoms with Crippen molar-refractivity contribution in [2.45, 2.75) is 121 Å². The molecule has 3 aromatic rings. The number of para-hydroxylation sites is 4. The van der Waals surface area contributed by atoms with Crippen molar-refractivity contribution in [2.24, 2.45) is 5.92 Å². The molecule has 4 aliphatic rings. The van der Waals surface area contributed by atoms with E-state index in [0.29, 0.717) is 23.2 Å². The van der Waals surface area contributed by atoms with Crippen molar-refractivity contribution in [1.29, 1.82) is 0 Å². The Kier molecular flexibility index (Phi) is 39.6. The Bertz CT molecular complexity index is 980. The third-order valence-corrected chi connectivity index (χ3v) is 8.24. The van der Waals surface area contributed by atoms with Crippen LogP contribution in [-0.4, -0.2) is 16.3 Å². The van der Waals surface area contributed by atoms with Crippen LogP contribution >= 0.6 is 0 Å². The van der Waals surface area contributed by atoms with Crippen LogP contribution in [0, 0.1) is 35.6 Å². The van der Waals surface area contributed by atoms with E-state index in [1.807, 2.05) is 18.2 Å². The summed E-state index contributed by atoms with van der Waals surface area (Å²) >= 11 is 0. The summed E-state index contributed by atoms with van der Waals surface area (Å²) in [7, 11) is 0. The molecule has 1 aromatic heterocycles. The summed E-state index contributed by atoms with van der Waals surface area (Å²) in [4.78, 5) is 18.1. The molecule has 1 heterocycles. The first kappa shape index (κ1) is 54.2. The molecule has 266 valence electrons. The van der Waals surface area contributed by atoms with Crippen LogP contribution in [0.5, 0.6) is 0 Å². The zero-order chi connectivity index (χ0) is 27.5. The van der Waals surface area contributed by atoms with Crippen molar-refractivity contribution < 1.29 is 56.0 Å². The monoisotopic (exact) mass is 760 g/mol. The van der Waals surface area contributed by atoms with Crippen LogP contribution in [0.15, 0.2) is 48.5 Å². The summed E-state index contributed by atoms with van der Waals surface area (Å²) in [6, 6.07) is 15.5. The number of aromatic amines is 1. The van der Waals surface area contributed by atoms with Crippen LogP contribution in [0.4, 0.5) is 11.4 Å². The summed E-state index contributed by atoms with van der Waals surface area (Å²) < 4.78 is 0. The number of aromatic nitrogens is 2. The van der Waals surface area contributed by atoms with Crippen LogP contribution in [-0.2, 0) is 56.0 Å². The molecule has 2 aromatic carbocycles. The number of H-pyrrole nitrogens is 1. The number of nitrogens with zero attached hydrogens (tertiary/aromatic N) is 1. The van der Waals surface area contributed by atoms with Gasteiger partial charge in [0.25, 0.3) is 0 Å². The van der Waals surface area contributed by atoms with Gasteiger partial charge in [-0.1, -0.05) is 114 Å². The first-order chi connectivity index (χ1) is 19.2. The molecule has 0 amide bonds. The van der Waals surface area contributed by atoms with Gasteiger partial charge in [0.15, 0.2) is 0 Å². The van der Waals surface area contributed by atoms with E-state index in [0.717, 1.165) is 24.6 Å². The quantitative estimate of drug-likeness (QED) is 0.105. The number of rotatable bonds is 2. The molecule has 7 rings (SSSR count). The molecular formula is C38H64Fe3N4O. The molecule has 4 fully saturated rings. The number of hydrogen-bond acceptors (Lipinski definition) is 4. The first-order valence-corrected chi connectivity index (χ1v) is 15.7. The maximum absolute atomic E-state index is 10.0. The largest absolute Gasteiger partial charge is 2.00 e. The Balaban J connectivity index is -0.000000155. The molecular weight excluding hydrogens is 696 g/mol. The van der Waals surface area contributed by atoms with Crippen molar-refractivity contribution >= 4 is 28.7 Å². The van der Waals surface area contributed by atoms with E-state index in [2.05, 4.69) is 28.2 Å². The Morgan fingerprint density at radius 3 is 1.30 bits per heavy atom. The van der Waals surface area contributed by atoms with Gasteiger partial charge in [-0.2, -0.15) is 0 Å². The van der Waals surface area contributed by atoms with Gasteiger partial charge in [0.2, 0.25) is 0 Å². The number of benzene rings is 2. The number of hydrogen-bond donors (Lipinski definition) is 3. The maximum Gasteiger partial charge on any atom is 2.00 e. The van der Waals surface area contributed by atoms with E-state index in [4.69, 9.17) is 11.5 Å². The zero-order valence-electron chi connectivity index (χ0n) is 29.1. The predicted octanol–water partition coefficient (Wildman–Crippen LogP) is 11.1. The topological polar surface area (TPSA) is 97.8 Å². The number of carbonyl (C=O) groups is 1. The number of aldehydes is 1. The number of fused-ring (bicyclic) bond motifs is 1. The van der Waals surface area contributed by atoms with Crippen LogP contribution in [0.2, 0.25) is 0 Å². The summed E-state index contributed by atoms with van der Waals surface area (Å²) in [5.74, 6) is 2.30. The van der Waals surface area contributed by atoms with Gasteiger partial charge in [-0.25, -0.2) is 4.98 Å². The van der Waals surface area contributed by atoms with Crippen molar-refractivity contribution in [1.82, 2.24) is 9.97 Å². The smallest absolute Gasteiger partial charge is 0.397 e. The Labute approximate surface area is 315 Å². The van der Waals surface area contributed by atoms with Crippen molar-refractivity contribution in [3.63, 3.8) is 0 Å². The Morgan fingerprint density at radius 2 is 0.957 bits per heavy atom. The van der Waals surface area contributed by atoms with E-state index in [9.17, 15) is 4.79 Å². The molecule has 5 nitrogen and oxygen atoms in total. The normalized spacial score (nSPS) is 15.7. The zero-order valence-corrected chi connectivity index (χ0v) is 32.5. The van der Waals surface area contributed by atoms with Gasteiger partial charge in [0.05, 0.1) is 22.4 Å². The van der Waals surface area contributed by atoms with E-state index in [-0.39, 0.29) is 80.9 Å². The molecule has 4 saturated carbocycles.